The van der Waals surface area contributed by atoms with Crippen LogP contribution < -0.4 is 0 Å². The zero-order valence-corrected chi connectivity index (χ0v) is 16.3. The Morgan fingerprint density at radius 2 is 1.00 bits per heavy atom. The molecule has 2 aliphatic rings. The molecule has 0 unspecified atom stereocenters. The third-order valence-corrected chi connectivity index (χ3v) is 6.68. The van der Waals surface area contributed by atoms with Gasteiger partial charge in [0.15, 0.2) is 0 Å². The van der Waals surface area contributed by atoms with E-state index in [0.717, 1.165) is 17.5 Å². The van der Waals surface area contributed by atoms with Gasteiger partial charge in [-0.05, 0) is 78.3 Å². The fourth-order valence-corrected chi connectivity index (χ4v) is 5.14. The first-order valence-corrected chi connectivity index (χ1v) is 10.8. The van der Waals surface area contributed by atoms with Crippen LogP contribution in [0.1, 0.15) is 98.3 Å². The third kappa shape index (κ3) is 4.31. The molecule has 0 spiro atoms. The lowest BCUT2D eigenvalue weighted by atomic mass is 9.82. The number of benzene rings is 2. The molecule has 0 radical (unpaired) electrons. The highest BCUT2D eigenvalue weighted by atomic mass is 16.3. The van der Waals surface area contributed by atoms with Crippen molar-refractivity contribution in [2.24, 2.45) is 0 Å². The van der Waals surface area contributed by atoms with E-state index in [-0.39, 0.29) is 0 Å². The lowest BCUT2D eigenvalue weighted by molar-refractivity contribution is 0.414. The van der Waals surface area contributed by atoms with Gasteiger partial charge in [0.1, 0.15) is 11.5 Å². The van der Waals surface area contributed by atoms with Crippen LogP contribution in [0.3, 0.4) is 0 Å². The largest absolute Gasteiger partial charge is 0.508 e. The van der Waals surface area contributed by atoms with Crippen molar-refractivity contribution < 1.29 is 10.2 Å². The number of aromatic hydroxyl groups is 2. The van der Waals surface area contributed by atoms with Crippen LogP contribution in [0.25, 0.3) is 0 Å². The molecule has 0 heterocycles. The van der Waals surface area contributed by atoms with Gasteiger partial charge in [-0.3, -0.25) is 0 Å². The van der Waals surface area contributed by atoms with Crippen LogP contribution in [0.4, 0.5) is 0 Å². The highest BCUT2D eigenvalue weighted by Crippen LogP contribution is 2.39. The predicted octanol–water partition coefficient (Wildman–Crippen LogP) is 6.78. The average Bonchev–Trinajstić information content (AvgIpc) is 2.72. The molecule has 0 saturated heterocycles. The molecule has 0 atom stereocenters. The minimum Gasteiger partial charge on any atom is -0.508 e. The summed E-state index contributed by atoms with van der Waals surface area (Å²) < 4.78 is 0. The molecule has 0 bridgehead atoms. The lowest BCUT2D eigenvalue weighted by Gasteiger charge is -2.24. The van der Waals surface area contributed by atoms with Gasteiger partial charge in [0.2, 0.25) is 0 Å². The van der Waals surface area contributed by atoms with Crippen molar-refractivity contribution in [3.63, 3.8) is 0 Å². The van der Waals surface area contributed by atoms with E-state index in [1.54, 1.807) is 0 Å². The van der Waals surface area contributed by atoms with Crippen molar-refractivity contribution in [2.45, 2.75) is 82.5 Å². The van der Waals surface area contributed by atoms with Crippen molar-refractivity contribution in [3.8, 4) is 11.5 Å². The zero-order chi connectivity index (χ0) is 18.6. The molecule has 2 fully saturated rings. The Labute approximate surface area is 163 Å². The number of phenols is 2. The normalized spacial score (nSPS) is 19.3. The summed E-state index contributed by atoms with van der Waals surface area (Å²) in [7, 11) is 0. The van der Waals surface area contributed by atoms with Crippen LogP contribution in [0.2, 0.25) is 0 Å². The van der Waals surface area contributed by atoms with Crippen LogP contribution in [0, 0.1) is 0 Å². The quantitative estimate of drug-likeness (QED) is 0.627. The van der Waals surface area contributed by atoms with Crippen molar-refractivity contribution >= 4 is 0 Å². The Balaban J connectivity index is 1.55. The van der Waals surface area contributed by atoms with E-state index < -0.39 is 0 Å². The molecule has 2 saturated carbocycles. The topological polar surface area (TPSA) is 40.5 Å². The maximum Gasteiger partial charge on any atom is 0.119 e. The Bertz CT molecular complexity index is 702. The molecule has 2 aromatic rings. The SMILES string of the molecule is Oc1ccc(Cc2ccc(O)c(C3CCCCC3)c2)cc1C1CCCCC1. The molecule has 27 heavy (non-hydrogen) atoms. The molecule has 2 N–H and O–H groups in total. The molecule has 2 heteroatoms. The van der Waals surface area contributed by atoms with Crippen molar-refractivity contribution in [3.05, 3.63) is 58.7 Å². The van der Waals surface area contributed by atoms with Crippen molar-refractivity contribution in [2.75, 3.05) is 0 Å². The van der Waals surface area contributed by atoms with Crippen LogP contribution in [0.15, 0.2) is 36.4 Å². The van der Waals surface area contributed by atoms with Gasteiger partial charge in [0, 0.05) is 0 Å². The van der Waals surface area contributed by atoms with Gasteiger partial charge in [-0.2, -0.15) is 0 Å². The Hall–Kier alpha value is -1.96. The monoisotopic (exact) mass is 364 g/mol. The molecule has 0 aromatic heterocycles. The maximum absolute atomic E-state index is 10.4. The van der Waals surface area contributed by atoms with E-state index in [1.165, 1.54) is 75.3 Å². The van der Waals surface area contributed by atoms with Gasteiger partial charge in [0.05, 0.1) is 0 Å². The van der Waals surface area contributed by atoms with Gasteiger partial charge in [-0.15, -0.1) is 0 Å². The van der Waals surface area contributed by atoms with Crippen LogP contribution in [-0.4, -0.2) is 10.2 Å². The number of rotatable bonds is 4. The van der Waals surface area contributed by atoms with Crippen LogP contribution in [-0.2, 0) is 6.42 Å². The summed E-state index contributed by atoms with van der Waals surface area (Å²) in [6.07, 6.45) is 13.4. The standard InChI is InChI=1S/C25H32O2/c26-24-13-11-18(16-22(24)20-7-3-1-4-8-20)15-19-12-14-25(27)23(17-19)21-9-5-2-6-10-21/h11-14,16-17,20-21,26-27H,1-10,15H2. The number of hydrogen-bond donors (Lipinski definition) is 2. The van der Waals surface area contributed by atoms with Gasteiger partial charge in [0.25, 0.3) is 0 Å². The van der Waals surface area contributed by atoms with Gasteiger partial charge >= 0.3 is 0 Å². The lowest BCUT2D eigenvalue weighted by Crippen LogP contribution is -2.06. The van der Waals surface area contributed by atoms with E-state index in [1.807, 2.05) is 12.1 Å². The van der Waals surface area contributed by atoms with E-state index in [0.29, 0.717) is 23.3 Å². The minimum absolute atomic E-state index is 0.458. The molecular weight excluding hydrogens is 332 g/mol. The second kappa shape index (κ2) is 8.37. The third-order valence-electron chi connectivity index (χ3n) is 6.68. The smallest absolute Gasteiger partial charge is 0.119 e. The Morgan fingerprint density at radius 1 is 0.593 bits per heavy atom. The molecule has 4 rings (SSSR count). The summed E-state index contributed by atoms with van der Waals surface area (Å²) in [5, 5.41) is 20.7. The average molecular weight is 365 g/mol. The van der Waals surface area contributed by atoms with Crippen LogP contribution >= 0.6 is 0 Å². The molecule has 0 amide bonds. The summed E-state index contributed by atoms with van der Waals surface area (Å²) in [6.45, 7) is 0. The van der Waals surface area contributed by atoms with Gasteiger partial charge in [-0.25, -0.2) is 0 Å². The molecule has 2 aromatic carbocycles. The van der Waals surface area contributed by atoms with Gasteiger partial charge < -0.3 is 10.2 Å². The van der Waals surface area contributed by atoms with Crippen molar-refractivity contribution in [1.82, 2.24) is 0 Å². The highest BCUT2D eigenvalue weighted by Gasteiger charge is 2.20. The van der Waals surface area contributed by atoms with Crippen LogP contribution in [0.5, 0.6) is 11.5 Å². The highest BCUT2D eigenvalue weighted by molar-refractivity contribution is 5.43. The molecule has 2 nitrogen and oxygen atoms in total. The predicted molar refractivity (Wildman–Crippen MR) is 111 cm³/mol. The first-order valence-electron chi connectivity index (χ1n) is 10.8. The fraction of sp³-hybridized carbons (Fsp3) is 0.520. The molecular formula is C25H32O2. The minimum atomic E-state index is 0.458. The van der Waals surface area contributed by atoms with Crippen molar-refractivity contribution in [1.29, 1.82) is 0 Å². The second-order valence-corrected chi connectivity index (χ2v) is 8.63. The molecule has 0 aliphatic heterocycles. The summed E-state index contributed by atoms with van der Waals surface area (Å²) in [4.78, 5) is 0. The fourth-order valence-electron chi connectivity index (χ4n) is 5.14. The second-order valence-electron chi connectivity index (χ2n) is 8.63. The van der Waals surface area contributed by atoms with E-state index in [4.69, 9.17) is 0 Å². The summed E-state index contributed by atoms with van der Waals surface area (Å²) in [6, 6.07) is 12.3. The first-order chi connectivity index (χ1) is 13.2. The first kappa shape index (κ1) is 18.4. The number of hydrogen-bond acceptors (Lipinski definition) is 2. The van der Waals surface area contributed by atoms with Gasteiger partial charge in [-0.1, -0.05) is 62.8 Å². The zero-order valence-electron chi connectivity index (χ0n) is 16.3. The summed E-state index contributed by atoms with van der Waals surface area (Å²) in [5.74, 6) is 1.94. The molecule has 144 valence electrons. The summed E-state index contributed by atoms with van der Waals surface area (Å²) >= 11 is 0. The van der Waals surface area contributed by atoms with E-state index in [9.17, 15) is 10.2 Å². The Kier molecular flexibility index (Phi) is 5.71. The maximum atomic E-state index is 10.4. The Morgan fingerprint density at radius 3 is 1.41 bits per heavy atom. The number of phenolic OH excluding ortho intramolecular Hbond substituents is 2. The summed E-state index contributed by atoms with van der Waals surface area (Å²) in [5.41, 5.74) is 4.79. The van der Waals surface area contributed by atoms with E-state index >= 15 is 0 Å². The molecule has 2 aliphatic carbocycles. The van der Waals surface area contributed by atoms with E-state index in [2.05, 4.69) is 24.3 Å².